The molecular weight excluding hydrogens is 312 g/mol. The molecule has 0 saturated heterocycles. The average Bonchev–Trinajstić information content (AvgIpc) is 2.91. The van der Waals surface area contributed by atoms with E-state index in [1.807, 2.05) is 6.07 Å². The fourth-order valence-electron chi connectivity index (χ4n) is 3.27. The number of nitrogens with zero attached hydrogens (tertiary/aromatic N) is 2. The van der Waals surface area contributed by atoms with E-state index in [0.717, 1.165) is 30.8 Å². The number of amides is 1. The highest BCUT2D eigenvalue weighted by Gasteiger charge is 2.32. The van der Waals surface area contributed by atoms with Crippen molar-refractivity contribution in [1.29, 1.82) is 0 Å². The molecule has 122 valence electrons. The van der Waals surface area contributed by atoms with Crippen LogP contribution >= 0.6 is 11.5 Å². The molecule has 2 N–H and O–H groups in total. The molecule has 0 bridgehead atoms. The first kappa shape index (κ1) is 14.7. The summed E-state index contributed by atoms with van der Waals surface area (Å²) >= 11 is 1.49. The molecule has 0 radical (unpaired) electrons. The second-order valence-electron chi connectivity index (χ2n) is 6.49. The first-order chi connectivity index (χ1) is 11.2. The lowest BCUT2D eigenvalue weighted by atomic mass is 10.0. The molecule has 0 aromatic carbocycles. The van der Waals surface area contributed by atoms with Gasteiger partial charge in [0.2, 0.25) is 11.8 Å². The Morgan fingerprint density at radius 2 is 2.17 bits per heavy atom. The second kappa shape index (κ2) is 5.96. The Hall–Kier alpha value is -1.89. The van der Waals surface area contributed by atoms with Gasteiger partial charge in [-0.05, 0) is 49.6 Å². The Morgan fingerprint density at radius 3 is 2.96 bits per heavy atom. The van der Waals surface area contributed by atoms with Crippen molar-refractivity contribution in [3.05, 3.63) is 22.7 Å². The van der Waals surface area contributed by atoms with Gasteiger partial charge in [0.15, 0.2) is 5.82 Å². The molecule has 2 unspecified atom stereocenters. The van der Waals surface area contributed by atoms with Crippen LogP contribution in [0.5, 0.6) is 5.88 Å². The lowest BCUT2D eigenvalue weighted by Crippen LogP contribution is -2.13. The SMILES string of the molecule is CC(=O)Nc1cc(C2CCC(Oc3nscc3C3CC3)C2)[nH]n1. The van der Waals surface area contributed by atoms with Crippen LogP contribution in [0.4, 0.5) is 5.82 Å². The van der Waals surface area contributed by atoms with E-state index in [2.05, 4.69) is 25.3 Å². The van der Waals surface area contributed by atoms with Crippen LogP contribution in [-0.2, 0) is 4.79 Å². The minimum Gasteiger partial charge on any atom is -0.474 e. The predicted octanol–water partition coefficient (Wildman–Crippen LogP) is 3.42. The van der Waals surface area contributed by atoms with Crippen molar-refractivity contribution in [1.82, 2.24) is 14.6 Å². The number of aromatic nitrogens is 3. The van der Waals surface area contributed by atoms with Crippen LogP contribution in [0.1, 0.15) is 62.1 Å². The monoisotopic (exact) mass is 332 g/mol. The molecule has 2 atom stereocenters. The number of aromatic amines is 1. The number of carbonyl (C=O) groups is 1. The standard InChI is InChI=1S/C16H20N4O2S/c1-9(21)17-15-7-14(18-19-15)11-4-5-12(6-11)22-16-13(8-23-20-16)10-2-3-10/h7-8,10-12H,2-6H2,1H3,(H2,17,18,19,21). The van der Waals surface area contributed by atoms with Crippen molar-refractivity contribution < 1.29 is 9.53 Å². The molecule has 0 aliphatic heterocycles. The molecule has 4 rings (SSSR count). The van der Waals surface area contributed by atoms with Crippen LogP contribution in [-0.4, -0.2) is 26.6 Å². The molecule has 6 nitrogen and oxygen atoms in total. The molecule has 2 fully saturated rings. The Labute approximate surface area is 138 Å². The molecule has 2 aromatic rings. The number of hydrogen-bond acceptors (Lipinski definition) is 5. The van der Waals surface area contributed by atoms with Gasteiger partial charge < -0.3 is 10.1 Å². The lowest BCUT2D eigenvalue weighted by Gasteiger charge is -2.13. The highest BCUT2D eigenvalue weighted by atomic mass is 32.1. The first-order valence-electron chi connectivity index (χ1n) is 8.13. The summed E-state index contributed by atoms with van der Waals surface area (Å²) in [5.74, 6) is 2.41. The normalized spacial score (nSPS) is 23.9. The third-order valence-electron chi connectivity index (χ3n) is 4.58. The van der Waals surface area contributed by atoms with Gasteiger partial charge in [-0.15, -0.1) is 0 Å². The summed E-state index contributed by atoms with van der Waals surface area (Å²) in [6.07, 6.45) is 5.80. The fourth-order valence-corrected chi connectivity index (χ4v) is 3.97. The Kier molecular flexibility index (Phi) is 3.80. The maximum Gasteiger partial charge on any atom is 0.228 e. The van der Waals surface area contributed by atoms with Crippen LogP contribution in [0.15, 0.2) is 11.4 Å². The summed E-state index contributed by atoms with van der Waals surface area (Å²) in [5, 5.41) is 12.0. The molecule has 2 aliphatic rings. The van der Waals surface area contributed by atoms with E-state index in [1.165, 1.54) is 36.9 Å². The molecule has 2 heterocycles. The topological polar surface area (TPSA) is 79.9 Å². The number of ether oxygens (including phenoxy) is 1. The summed E-state index contributed by atoms with van der Waals surface area (Å²) in [7, 11) is 0. The van der Waals surface area contributed by atoms with Gasteiger partial charge in [0.25, 0.3) is 0 Å². The minimum absolute atomic E-state index is 0.105. The van der Waals surface area contributed by atoms with Crippen molar-refractivity contribution in [3.8, 4) is 5.88 Å². The Balaban J connectivity index is 1.38. The van der Waals surface area contributed by atoms with Gasteiger partial charge in [-0.3, -0.25) is 9.89 Å². The van der Waals surface area contributed by atoms with Crippen LogP contribution in [0.2, 0.25) is 0 Å². The van der Waals surface area contributed by atoms with E-state index >= 15 is 0 Å². The molecule has 2 aromatic heterocycles. The number of anilines is 1. The number of hydrogen-bond donors (Lipinski definition) is 2. The summed E-state index contributed by atoms with van der Waals surface area (Å²) < 4.78 is 10.6. The van der Waals surface area contributed by atoms with Gasteiger partial charge in [0.1, 0.15) is 6.10 Å². The van der Waals surface area contributed by atoms with Crippen molar-refractivity contribution in [3.63, 3.8) is 0 Å². The quantitative estimate of drug-likeness (QED) is 0.879. The number of nitrogens with one attached hydrogen (secondary N) is 2. The first-order valence-corrected chi connectivity index (χ1v) is 8.96. The molecule has 7 heteroatoms. The zero-order chi connectivity index (χ0) is 15.8. The highest BCUT2D eigenvalue weighted by molar-refractivity contribution is 7.03. The van der Waals surface area contributed by atoms with E-state index in [-0.39, 0.29) is 12.0 Å². The number of carbonyl (C=O) groups excluding carboxylic acids is 1. The smallest absolute Gasteiger partial charge is 0.228 e. The minimum atomic E-state index is -0.105. The maximum atomic E-state index is 11.1. The third-order valence-corrected chi connectivity index (χ3v) is 5.21. The Morgan fingerprint density at radius 1 is 1.35 bits per heavy atom. The van der Waals surface area contributed by atoms with Crippen molar-refractivity contribution in [2.75, 3.05) is 5.32 Å². The summed E-state index contributed by atoms with van der Waals surface area (Å²) in [4.78, 5) is 11.1. The zero-order valence-corrected chi connectivity index (χ0v) is 13.9. The summed E-state index contributed by atoms with van der Waals surface area (Å²) in [6, 6.07) is 1.92. The predicted molar refractivity (Wildman–Crippen MR) is 88.0 cm³/mol. The van der Waals surface area contributed by atoms with Gasteiger partial charge in [0, 0.05) is 35.5 Å². The van der Waals surface area contributed by atoms with E-state index in [4.69, 9.17) is 4.74 Å². The van der Waals surface area contributed by atoms with Gasteiger partial charge in [-0.1, -0.05) is 0 Å². The van der Waals surface area contributed by atoms with Gasteiger partial charge in [-0.2, -0.15) is 9.47 Å². The van der Waals surface area contributed by atoms with Crippen molar-refractivity contribution >= 4 is 23.3 Å². The highest BCUT2D eigenvalue weighted by Crippen LogP contribution is 2.46. The number of H-pyrrole nitrogens is 1. The number of rotatable bonds is 5. The Bertz CT molecular complexity index is 707. The van der Waals surface area contributed by atoms with Gasteiger partial charge in [0.05, 0.1) is 0 Å². The lowest BCUT2D eigenvalue weighted by molar-refractivity contribution is -0.114. The maximum absolute atomic E-state index is 11.1. The third kappa shape index (κ3) is 3.24. The van der Waals surface area contributed by atoms with Crippen molar-refractivity contribution in [2.24, 2.45) is 0 Å². The van der Waals surface area contributed by atoms with Crippen LogP contribution < -0.4 is 10.1 Å². The molecule has 23 heavy (non-hydrogen) atoms. The van der Waals surface area contributed by atoms with Gasteiger partial charge >= 0.3 is 0 Å². The van der Waals surface area contributed by atoms with E-state index in [1.54, 1.807) is 0 Å². The fraction of sp³-hybridized carbons (Fsp3) is 0.562. The van der Waals surface area contributed by atoms with E-state index < -0.39 is 0 Å². The van der Waals surface area contributed by atoms with Crippen LogP contribution in [0.25, 0.3) is 0 Å². The molecule has 0 spiro atoms. The molecule has 1 amide bonds. The van der Waals surface area contributed by atoms with E-state index in [9.17, 15) is 4.79 Å². The van der Waals surface area contributed by atoms with E-state index in [0.29, 0.717) is 17.7 Å². The zero-order valence-electron chi connectivity index (χ0n) is 13.0. The summed E-state index contributed by atoms with van der Waals surface area (Å²) in [5.41, 5.74) is 2.37. The molecule has 2 aliphatic carbocycles. The average molecular weight is 332 g/mol. The molecule has 2 saturated carbocycles. The second-order valence-corrected chi connectivity index (χ2v) is 7.12. The van der Waals surface area contributed by atoms with Gasteiger partial charge in [-0.25, -0.2) is 0 Å². The van der Waals surface area contributed by atoms with Crippen LogP contribution in [0.3, 0.4) is 0 Å². The van der Waals surface area contributed by atoms with Crippen molar-refractivity contribution in [2.45, 2.75) is 57.0 Å². The van der Waals surface area contributed by atoms with Crippen LogP contribution in [0, 0.1) is 0 Å². The largest absolute Gasteiger partial charge is 0.474 e. The summed E-state index contributed by atoms with van der Waals surface area (Å²) in [6.45, 7) is 1.49. The molecular formula is C16H20N4O2S.